The van der Waals surface area contributed by atoms with E-state index in [9.17, 15) is 19.2 Å². The van der Waals surface area contributed by atoms with Crippen LogP contribution in [0, 0.1) is 6.92 Å². The highest BCUT2D eigenvalue weighted by Crippen LogP contribution is 2.32. The van der Waals surface area contributed by atoms with Gasteiger partial charge in [0.2, 0.25) is 0 Å². The van der Waals surface area contributed by atoms with E-state index < -0.39 is 18.0 Å². The number of fused-ring (bicyclic) bond motifs is 2. The molecule has 1 atom stereocenters. The number of benzene rings is 3. The molecule has 0 heterocycles. The summed E-state index contributed by atoms with van der Waals surface area (Å²) >= 11 is 0. The van der Waals surface area contributed by atoms with Crippen LogP contribution in [0.3, 0.4) is 0 Å². The number of aryl methyl sites for hydroxylation is 1. The summed E-state index contributed by atoms with van der Waals surface area (Å²) in [5, 5.41) is 2.61. The third kappa shape index (κ3) is 3.54. The van der Waals surface area contributed by atoms with Gasteiger partial charge in [-0.3, -0.25) is 14.4 Å². The number of amides is 1. The largest absolute Gasteiger partial charge is 0.449 e. The molecule has 3 N–H and O–H groups in total. The molecule has 0 aromatic heterocycles. The minimum atomic E-state index is -1.17. The summed E-state index contributed by atoms with van der Waals surface area (Å²) in [6, 6.07) is 16.2. The van der Waals surface area contributed by atoms with Crippen molar-refractivity contribution in [2.45, 2.75) is 20.0 Å². The fraction of sp³-hybridized carbons (Fsp3) is 0.120. The zero-order valence-corrected chi connectivity index (χ0v) is 17.5. The van der Waals surface area contributed by atoms with E-state index in [0.29, 0.717) is 5.56 Å². The van der Waals surface area contributed by atoms with E-state index in [-0.39, 0.29) is 45.2 Å². The second kappa shape index (κ2) is 8.11. The quantitative estimate of drug-likeness (QED) is 0.379. The Kier molecular flexibility index (Phi) is 5.32. The van der Waals surface area contributed by atoms with Crippen molar-refractivity contribution in [3.05, 3.63) is 94.0 Å². The van der Waals surface area contributed by atoms with Crippen LogP contribution in [0.1, 0.15) is 54.7 Å². The average Bonchev–Trinajstić information content (AvgIpc) is 2.79. The van der Waals surface area contributed by atoms with Gasteiger partial charge < -0.3 is 15.8 Å². The smallest absolute Gasteiger partial charge is 0.341 e. The molecule has 4 rings (SSSR count). The lowest BCUT2D eigenvalue weighted by Crippen LogP contribution is -2.31. The highest BCUT2D eigenvalue weighted by atomic mass is 16.5. The van der Waals surface area contributed by atoms with Crippen molar-refractivity contribution in [1.29, 1.82) is 0 Å². The van der Waals surface area contributed by atoms with Gasteiger partial charge in [-0.15, -0.1) is 0 Å². The number of nitrogens with two attached hydrogens (primary N) is 1. The highest BCUT2D eigenvalue weighted by Gasteiger charge is 2.32. The predicted molar refractivity (Wildman–Crippen MR) is 119 cm³/mol. The molecule has 7 heteroatoms. The molecule has 0 spiro atoms. The molecule has 0 bridgehead atoms. The molecule has 0 saturated heterocycles. The van der Waals surface area contributed by atoms with Gasteiger partial charge in [0.1, 0.15) is 0 Å². The Labute approximate surface area is 184 Å². The first-order valence-corrected chi connectivity index (χ1v) is 9.98. The van der Waals surface area contributed by atoms with Gasteiger partial charge in [0.25, 0.3) is 5.91 Å². The van der Waals surface area contributed by atoms with E-state index >= 15 is 0 Å². The van der Waals surface area contributed by atoms with Crippen LogP contribution in [0.15, 0.2) is 60.7 Å². The standard InChI is InChI=1S/C25H20N2O5/c1-13-7-5-11-18(21(13)26)25(31)32-14(2)24(30)27-19-12-6-10-17-20(19)23(29)16-9-4-3-8-15(16)22(17)28/h3-12,14H,26H2,1-2H3,(H,27,30). The summed E-state index contributed by atoms with van der Waals surface area (Å²) in [6.45, 7) is 3.17. The third-order valence-corrected chi connectivity index (χ3v) is 5.41. The van der Waals surface area contributed by atoms with Crippen LogP contribution in [-0.2, 0) is 9.53 Å². The maximum atomic E-state index is 13.1. The van der Waals surface area contributed by atoms with Gasteiger partial charge in [-0.25, -0.2) is 4.79 Å². The van der Waals surface area contributed by atoms with Gasteiger partial charge in [0.05, 0.1) is 16.8 Å². The zero-order valence-electron chi connectivity index (χ0n) is 17.5. The van der Waals surface area contributed by atoms with Crippen LogP contribution in [0.2, 0.25) is 0 Å². The molecule has 0 saturated carbocycles. The summed E-state index contributed by atoms with van der Waals surface area (Å²) < 4.78 is 5.27. The number of nitrogens with one attached hydrogen (secondary N) is 1. The van der Waals surface area contributed by atoms with Gasteiger partial charge >= 0.3 is 5.97 Å². The maximum Gasteiger partial charge on any atom is 0.341 e. The summed E-state index contributed by atoms with van der Waals surface area (Å²) in [6.07, 6.45) is -1.17. The van der Waals surface area contributed by atoms with E-state index in [1.165, 1.54) is 19.1 Å². The molecule has 0 aliphatic heterocycles. The molecule has 32 heavy (non-hydrogen) atoms. The Bertz CT molecular complexity index is 1300. The number of hydrogen-bond donors (Lipinski definition) is 2. The SMILES string of the molecule is Cc1cccc(C(=O)OC(C)C(=O)Nc2cccc3c2C(=O)c2ccccc2C3=O)c1N. The first-order valence-electron chi connectivity index (χ1n) is 9.98. The van der Waals surface area contributed by atoms with Gasteiger partial charge in [-0.05, 0) is 31.5 Å². The molecule has 1 amide bonds. The topological polar surface area (TPSA) is 116 Å². The van der Waals surface area contributed by atoms with Crippen LogP contribution in [0.25, 0.3) is 0 Å². The number of carbonyl (C=O) groups is 4. The van der Waals surface area contributed by atoms with Crippen LogP contribution < -0.4 is 11.1 Å². The van der Waals surface area contributed by atoms with E-state index in [1.807, 2.05) is 0 Å². The Morgan fingerprint density at radius 3 is 2.22 bits per heavy atom. The van der Waals surface area contributed by atoms with E-state index in [2.05, 4.69) is 5.32 Å². The normalized spacial score (nSPS) is 13.1. The number of carbonyl (C=O) groups excluding carboxylic acids is 4. The number of ether oxygens (including phenoxy) is 1. The van der Waals surface area contributed by atoms with Crippen molar-refractivity contribution in [3.8, 4) is 0 Å². The Morgan fingerprint density at radius 2 is 1.50 bits per heavy atom. The first-order chi connectivity index (χ1) is 15.3. The zero-order chi connectivity index (χ0) is 23.0. The molecule has 0 radical (unpaired) electrons. The average molecular weight is 428 g/mol. The molecule has 160 valence electrons. The summed E-state index contributed by atoms with van der Waals surface area (Å²) in [7, 11) is 0. The van der Waals surface area contributed by atoms with Crippen molar-refractivity contribution in [2.24, 2.45) is 0 Å². The van der Waals surface area contributed by atoms with Gasteiger partial charge in [-0.1, -0.05) is 48.5 Å². The maximum absolute atomic E-state index is 13.1. The summed E-state index contributed by atoms with van der Waals surface area (Å²) in [4.78, 5) is 51.1. The van der Waals surface area contributed by atoms with Crippen LogP contribution >= 0.6 is 0 Å². The van der Waals surface area contributed by atoms with Crippen molar-refractivity contribution in [2.75, 3.05) is 11.1 Å². The van der Waals surface area contributed by atoms with Gasteiger partial charge in [0.15, 0.2) is 17.7 Å². The fourth-order valence-electron chi connectivity index (χ4n) is 3.62. The second-order valence-corrected chi connectivity index (χ2v) is 7.50. The monoisotopic (exact) mass is 428 g/mol. The predicted octanol–water partition coefficient (Wildman–Crippen LogP) is 3.54. The Morgan fingerprint density at radius 1 is 0.875 bits per heavy atom. The molecular weight excluding hydrogens is 408 g/mol. The molecule has 1 unspecified atom stereocenters. The van der Waals surface area contributed by atoms with E-state index in [1.54, 1.807) is 55.5 Å². The van der Waals surface area contributed by atoms with Crippen LogP contribution in [-0.4, -0.2) is 29.5 Å². The highest BCUT2D eigenvalue weighted by molar-refractivity contribution is 6.30. The molecule has 0 fully saturated rings. The molecular formula is C25H20N2O5. The first kappa shape index (κ1) is 21.0. The number of ketones is 2. The molecule has 1 aliphatic rings. The van der Waals surface area contributed by atoms with E-state index in [4.69, 9.17) is 10.5 Å². The number of para-hydroxylation sites is 1. The molecule has 1 aliphatic carbocycles. The van der Waals surface area contributed by atoms with Crippen LogP contribution in [0.5, 0.6) is 0 Å². The van der Waals surface area contributed by atoms with Crippen LogP contribution in [0.4, 0.5) is 11.4 Å². The lowest BCUT2D eigenvalue weighted by molar-refractivity contribution is -0.123. The van der Waals surface area contributed by atoms with Gasteiger partial charge in [0, 0.05) is 22.4 Å². The van der Waals surface area contributed by atoms with Crippen molar-refractivity contribution >= 4 is 34.8 Å². The summed E-state index contributed by atoms with van der Waals surface area (Å²) in [5.74, 6) is -2.02. The van der Waals surface area contributed by atoms with Crippen molar-refractivity contribution in [1.82, 2.24) is 0 Å². The van der Waals surface area contributed by atoms with Crippen molar-refractivity contribution in [3.63, 3.8) is 0 Å². The molecule has 7 nitrogen and oxygen atoms in total. The lowest BCUT2D eigenvalue weighted by atomic mass is 9.83. The number of anilines is 2. The Hall–Kier alpha value is -4.26. The minimum absolute atomic E-state index is 0.117. The fourth-order valence-corrected chi connectivity index (χ4v) is 3.62. The summed E-state index contributed by atoms with van der Waals surface area (Å²) in [5.41, 5.74) is 8.21. The van der Waals surface area contributed by atoms with Crippen molar-refractivity contribution < 1.29 is 23.9 Å². The number of rotatable bonds is 4. The third-order valence-electron chi connectivity index (χ3n) is 5.41. The number of hydrogen-bond acceptors (Lipinski definition) is 6. The lowest BCUT2D eigenvalue weighted by Gasteiger charge is -2.21. The number of esters is 1. The van der Waals surface area contributed by atoms with Gasteiger partial charge in [-0.2, -0.15) is 0 Å². The Balaban J connectivity index is 1.57. The molecule has 3 aromatic rings. The second-order valence-electron chi connectivity index (χ2n) is 7.50. The number of nitrogen functional groups attached to an aromatic ring is 1. The minimum Gasteiger partial charge on any atom is -0.449 e. The van der Waals surface area contributed by atoms with E-state index in [0.717, 1.165) is 5.56 Å². The molecule has 3 aromatic carbocycles.